The molecule has 118 valence electrons. The molecule has 2 rings (SSSR count). The van der Waals surface area contributed by atoms with E-state index in [0.29, 0.717) is 49.4 Å². The number of nitrogens with two attached hydrogens (primary N) is 1. The molecule has 1 atom stereocenters. The smallest absolute Gasteiger partial charge is 0.243 e. The van der Waals surface area contributed by atoms with E-state index in [2.05, 4.69) is 0 Å². The van der Waals surface area contributed by atoms with Gasteiger partial charge in [-0.1, -0.05) is 13.0 Å². The van der Waals surface area contributed by atoms with Crippen molar-refractivity contribution in [3.8, 4) is 0 Å². The number of rotatable bonds is 3. The number of nitrogens with zero attached hydrogens (tertiary/aromatic N) is 1. The highest BCUT2D eigenvalue weighted by atomic mass is 32.2. The summed E-state index contributed by atoms with van der Waals surface area (Å²) in [6, 6.07) is 5.04. The van der Waals surface area contributed by atoms with E-state index < -0.39 is 15.6 Å². The van der Waals surface area contributed by atoms with Crippen LogP contribution in [0.4, 0.5) is 5.69 Å². The Morgan fingerprint density at radius 2 is 2.05 bits per heavy atom. The molecule has 1 aromatic carbocycles. The fourth-order valence-corrected chi connectivity index (χ4v) is 4.53. The summed E-state index contributed by atoms with van der Waals surface area (Å²) in [6.45, 7) is 4.47. The summed E-state index contributed by atoms with van der Waals surface area (Å²) in [4.78, 5) is 0.298. The third-order valence-electron chi connectivity index (χ3n) is 4.11. The number of anilines is 1. The second-order valence-corrected chi connectivity index (χ2v) is 7.88. The monoisotopic (exact) mass is 312 g/mol. The quantitative estimate of drug-likeness (QED) is 0.833. The molecular formula is C15H24N2O3S. The van der Waals surface area contributed by atoms with Gasteiger partial charge < -0.3 is 10.8 Å². The van der Waals surface area contributed by atoms with Gasteiger partial charge in [-0.25, -0.2) is 8.42 Å². The summed E-state index contributed by atoms with van der Waals surface area (Å²) >= 11 is 0. The molecule has 0 spiro atoms. The van der Waals surface area contributed by atoms with Gasteiger partial charge in [0.15, 0.2) is 0 Å². The van der Waals surface area contributed by atoms with E-state index in [4.69, 9.17) is 5.73 Å². The molecule has 1 saturated heterocycles. The van der Waals surface area contributed by atoms with Crippen LogP contribution in [0, 0.1) is 0 Å². The van der Waals surface area contributed by atoms with E-state index in [1.54, 1.807) is 19.1 Å². The Labute approximate surface area is 126 Å². The van der Waals surface area contributed by atoms with Gasteiger partial charge in [-0.3, -0.25) is 0 Å². The number of aryl methyl sites for hydroxylation is 1. The standard InChI is InChI=1S/C15H24N2O3S/c1-3-12-5-6-13(16)11-14(12)21(19,20)17-9-4-7-15(2,18)8-10-17/h5-6,11,18H,3-4,7-10,16H2,1-2H3. The van der Waals surface area contributed by atoms with E-state index in [-0.39, 0.29) is 0 Å². The highest BCUT2D eigenvalue weighted by Gasteiger charge is 2.32. The molecule has 5 nitrogen and oxygen atoms in total. The minimum atomic E-state index is -3.56. The maximum Gasteiger partial charge on any atom is 0.243 e. The van der Waals surface area contributed by atoms with Gasteiger partial charge in [0.1, 0.15) is 0 Å². The molecule has 0 aliphatic carbocycles. The van der Waals surface area contributed by atoms with Gasteiger partial charge in [0.25, 0.3) is 0 Å². The predicted octanol–water partition coefficient (Wildman–Crippen LogP) is 1.76. The molecule has 3 N–H and O–H groups in total. The molecule has 0 bridgehead atoms. The first-order chi connectivity index (χ1) is 9.76. The van der Waals surface area contributed by atoms with Crippen molar-refractivity contribution in [3.63, 3.8) is 0 Å². The van der Waals surface area contributed by atoms with Crippen molar-refractivity contribution in [1.82, 2.24) is 4.31 Å². The van der Waals surface area contributed by atoms with E-state index in [9.17, 15) is 13.5 Å². The predicted molar refractivity (Wildman–Crippen MR) is 83.5 cm³/mol. The van der Waals surface area contributed by atoms with Crippen molar-refractivity contribution in [2.45, 2.75) is 50.0 Å². The maximum absolute atomic E-state index is 12.9. The van der Waals surface area contributed by atoms with Gasteiger partial charge in [-0.15, -0.1) is 0 Å². The molecule has 0 aromatic heterocycles. The van der Waals surface area contributed by atoms with Crippen LogP contribution in [-0.4, -0.2) is 36.5 Å². The fraction of sp³-hybridized carbons (Fsp3) is 0.600. The zero-order valence-electron chi connectivity index (χ0n) is 12.7. The third-order valence-corrected chi connectivity index (χ3v) is 6.09. The van der Waals surface area contributed by atoms with E-state index >= 15 is 0 Å². The normalized spacial score (nSPS) is 24.7. The molecule has 1 aliphatic heterocycles. The molecule has 21 heavy (non-hydrogen) atoms. The molecule has 0 amide bonds. The second kappa shape index (κ2) is 5.94. The topological polar surface area (TPSA) is 83.6 Å². The van der Waals surface area contributed by atoms with Crippen molar-refractivity contribution < 1.29 is 13.5 Å². The second-order valence-electron chi connectivity index (χ2n) is 5.98. The van der Waals surface area contributed by atoms with Gasteiger partial charge >= 0.3 is 0 Å². The lowest BCUT2D eigenvalue weighted by molar-refractivity contribution is 0.0465. The fourth-order valence-electron chi connectivity index (χ4n) is 2.72. The summed E-state index contributed by atoms with van der Waals surface area (Å²) in [5.74, 6) is 0. The average molecular weight is 312 g/mol. The molecule has 1 unspecified atom stereocenters. The average Bonchev–Trinajstić information content (AvgIpc) is 2.60. The third kappa shape index (κ3) is 3.56. The number of sulfonamides is 1. The zero-order chi connectivity index (χ0) is 15.7. The molecule has 1 aliphatic rings. The Morgan fingerprint density at radius 1 is 1.33 bits per heavy atom. The van der Waals surface area contributed by atoms with Gasteiger partial charge in [-0.2, -0.15) is 4.31 Å². The molecule has 1 aromatic rings. The van der Waals surface area contributed by atoms with Crippen LogP contribution in [0.15, 0.2) is 23.1 Å². The zero-order valence-corrected chi connectivity index (χ0v) is 13.5. The number of nitrogen functional groups attached to an aromatic ring is 1. The summed E-state index contributed by atoms with van der Waals surface area (Å²) in [5, 5.41) is 10.1. The van der Waals surface area contributed by atoms with E-state index in [0.717, 1.165) is 5.56 Å². The van der Waals surface area contributed by atoms with Crippen LogP contribution in [-0.2, 0) is 16.4 Å². The Balaban J connectivity index is 2.36. The van der Waals surface area contributed by atoms with Crippen molar-refractivity contribution in [1.29, 1.82) is 0 Å². The number of hydrogen-bond donors (Lipinski definition) is 2. The molecule has 1 heterocycles. The first-order valence-corrected chi connectivity index (χ1v) is 8.81. The van der Waals surface area contributed by atoms with Crippen LogP contribution in [0.5, 0.6) is 0 Å². The summed E-state index contributed by atoms with van der Waals surface area (Å²) in [5.41, 5.74) is 6.20. The SMILES string of the molecule is CCc1ccc(N)cc1S(=O)(=O)N1CCCC(C)(O)CC1. The van der Waals surface area contributed by atoms with Crippen molar-refractivity contribution in [2.75, 3.05) is 18.8 Å². The van der Waals surface area contributed by atoms with Crippen LogP contribution in [0.3, 0.4) is 0 Å². The van der Waals surface area contributed by atoms with Gasteiger partial charge in [0.05, 0.1) is 10.5 Å². The lowest BCUT2D eigenvalue weighted by Gasteiger charge is -2.23. The van der Waals surface area contributed by atoms with E-state index in [1.807, 2.05) is 6.92 Å². The molecule has 0 saturated carbocycles. The highest BCUT2D eigenvalue weighted by Crippen LogP contribution is 2.28. The van der Waals surface area contributed by atoms with Gasteiger partial charge in [0.2, 0.25) is 10.0 Å². The first-order valence-electron chi connectivity index (χ1n) is 7.37. The molecule has 0 radical (unpaired) electrons. The van der Waals surface area contributed by atoms with E-state index in [1.165, 1.54) is 10.4 Å². The lowest BCUT2D eigenvalue weighted by Crippen LogP contribution is -2.34. The maximum atomic E-state index is 12.9. The van der Waals surface area contributed by atoms with Crippen LogP contribution < -0.4 is 5.73 Å². The van der Waals surface area contributed by atoms with Crippen molar-refractivity contribution in [3.05, 3.63) is 23.8 Å². The largest absolute Gasteiger partial charge is 0.399 e. The highest BCUT2D eigenvalue weighted by molar-refractivity contribution is 7.89. The molecular weight excluding hydrogens is 288 g/mol. The van der Waals surface area contributed by atoms with Crippen molar-refractivity contribution >= 4 is 15.7 Å². The number of aliphatic hydroxyl groups is 1. The summed E-state index contributed by atoms with van der Waals surface area (Å²) in [7, 11) is -3.56. The number of benzene rings is 1. The minimum Gasteiger partial charge on any atom is -0.399 e. The molecule has 1 fully saturated rings. The van der Waals surface area contributed by atoms with Crippen LogP contribution in [0.1, 0.15) is 38.7 Å². The Morgan fingerprint density at radius 3 is 2.71 bits per heavy atom. The Hall–Kier alpha value is -1.11. The Bertz CT molecular complexity index is 611. The summed E-state index contributed by atoms with van der Waals surface area (Å²) in [6.07, 6.45) is 2.38. The van der Waals surface area contributed by atoms with Crippen molar-refractivity contribution in [2.24, 2.45) is 0 Å². The van der Waals surface area contributed by atoms with Crippen LogP contribution in [0.2, 0.25) is 0 Å². The first kappa shape index (κ1) is 16.3. The summed E-state index contributed by atoms with van der Waals surface area (Å²) < 4.78 is 27.2. The van der Waals surface area contributed by atoms with Gasteiger partial charge in [0, 0.05) is 18.8 Å². The minimum absolute atomic E-state index is 0.298. The number of hydrogen-bond acceptors (Lipinski definition) is 4. The van der Waals surface area contributed by atoms with Crippen LogP contribution >= 0.6 is 0 Å². The van der Waals surface area contributed by atoms with Gasteiger partial charge in [-0.05, 0) is 50.3 Å². The van der Waals surface area contributed by atoms with Crippen LogP contribution in [0.25, 0.3) is 0 Å². The molecule has 6 heteroatoms. The lowest BCUT2D eigenvalue weighted by atomic mass is 9.98. The Kier molecular flexibility index (Phi) is 4.60.